The van der Waals surface area contributed by atoms with Crippen LogP contribution in [0.4, 0.5) is 0 Å². The molecule has 0 saturated carbocycles. The maximum atomic E-state index is 5.54. The van der Waals surface area contributed by atoms with Gasteiger partial charge in [0.25, 0.3) is 0 Å². The van der Waals surface area contributed by atoms with E-state index in [1.807, 2.05) is 0 Å². The van der Waals surface area contributed by atoms with Crippen LogP contribution in [0.15, 0.2) is 45.3 Å². The quantitative estimate of drug-likeness (QED) is 0.505. The van der Waals surface area contributed by atoms with Crippen molar-refractivity contribution in [3.8, 4) is 0 Å². The van der Waals surface area contributed by atoms with E-state index in [1.165, 1.54) is 21.8 Å². The van der Waals surface area contributed by atoms with Crippen molar-refractivity contribution in [2.75, 3.05) is 13.2 Å². The van der Waals surface area contributed by atoms with E-state index in [-0.39, 0.29) is 0 Å². The number of fused-ring (bicyclic) bond motifs is 3. The predicted octanol–water partition coefficient (Wildman–Crippen LogP) is 5.67. The molecule has 0 atom stereocenters. The molecular weight excluding hydrogens is 394 g/mol. The van der Waals surface area contributed by atoms with Gasteiger partial charge in [0.05, 0.1) is 11.0 Å². The van der Waals surface area contributed by atoms with Gasteiger partial charge in [-0.15, -0.1) is 0 Å². The van der Waals surface area contributed by atoms with Crippen molar-refractivity contribution < 1.29 is 4.74 Å². The van der Waals surface area contributed by atoms with E-state index in [9.17, 15) is 0 Å². The smallest absolute Gasteiger partial charge is 0.0505 e. The van der Waals surface area contributed by atoms with E-state index >= 15 is 0 Å². The minimum atomic E-state index is 0.516. The van der Waals surface area contributed by atoms with Crippen LogP contribution < -0.4 is 0 Å². The number of ether oxygens (including phenoxy) is 1. The molecule has 1 saturated heterocycles. The fraction of sp³-hybridized carbons (Fsp3) is 0.294. The fourth-order valence-electron chi connectivity index (χ4n) is 3.33. The molecule has 108 valence electrons. The second-order valence-corrected chi connectivity index (χ2v) is 7.37. The van der Waals surface area contributed by atoms with Gasteiger partial charge in [0.15, 0.2) is 0 Å². The molecule has 4 rings (SSSR count). The first-order chi connectivity index (χ1) is 10.2. The Morgan fingerprint density at radius 3 is 1.90 bits per heavy atom. The zero-order valence-corrected chi connectivity index (χ0v) is 14.7. The van der Waals surface area contributed by atoms with Crippen LogP contribution in [0.3, 0.4) is 0 Å². The summed E-state index contributed by atoms with van der Waals surface area (Å²) in [5.74, 6) is 0. The van der Waals surface area contributed by atoms with Gasteiger partial charge >= 0.3 is 0 Å². The molecule has 1 aliphatic rings. The molecule has 3 aromatic rings. The monoisotopic (exact) mass is 407 g/mol. The van der Waals surface area contributed by atoms with Crippen molar-refractivity contribution in [3.05, 3.63) is 45.3 Å². The lowest BCUT2D eigenvalue weighted by atomic mass is 10.1. The van der Waals surface area contributed by atoms with Crippen molar-refractivity contribution in [1.29, 1.82) is 0 Å². The van der Waals surface area contributed by atoms with Crippen LogP contribution in [-0.4, -0.2) is 17.8 Å². The van der Waals surface area contributed by atoms with Crippen LogP contribution in [0.5, 0.6) is 0 Å². The maximum absolute atomic E-state index is 5.54. The molecule has 21 heavy (non-hydrogen) atoms. The number of aromatic nitrogens is 1. The summed E-state index contributed by atoms with van der Waals surface area (Å²) in [5, 5.41) is 2.65. The van der Waals surface area contributed by atoms with Gasteiger partial charge in [0, 0.05) is 39.0 Å². The number of hydrogen-bond acceptors (Lipinski definition) is 1. The summed E-state index contributed by atoms with van der Waals surface area (Å²) in [6.07, 6.45) is 2.16. The Kier molecular flexibility index (Phi) is 3.56. The molecule has 2 aromatic carbocycles. The number of halogens is 2. The lowest BCUT2D eigenvalue weighted by molar-refractivity contribution is 0.0717. The van der Waals surface area contributed by atoms with Crippen molar-refractivity contribution in [2.45, 2.75) is 18.9 Å². The minimum Gasteiger partial charge on any atom is -0.381 e. The zero-order chi connectivity index (χ0) is 14.4. The first-order valence-electron chi connectivity index (χ1n) is 7.20. The first kappa shape index (κ1) is 13.8. The highest BCUT2D eigenvalue weighted by molar-refractivity contribution is 9.10. The molecular formula is C17H15Br2NO. The van der Waals surface area contributed by atoms with Crippen LogP contribution in [0.1, 0.15) is 18.9 Å². The molecule has 1 fully saturated rings. The second kappa shape index (κ2) is 5.41. The van der Waals surface area contributed by atoms with Crippen LogP contribution in [-0.2, 0) is 4.74 Å². The predicted molar refractivity (Wildman–Crippen MR) is 93.9 cm³/mol. The Balaban J connectivity index is 2.07. The van der Waals surface area contributed by atoms with Gasteiger partial charge in [-0.25, -0.2) is 0 Å². The molecule has 0 spiro atoms. The molecule has 1 aromatic heterocycles. The van der Waals surface area contributed by atoms with E-state index in [1.54, 1.807) is 0 Å². The van der Waals surface area contributed by atoms with Gasteiger partial charge in [-0.1, -0.05) is 44.0 Å². The highest BCUT2D eigenvalue weighted by atomic mass is 79.9. The van der Waals surface area contributed by atoms with E-state index < -0.39 is 0 Å². The van der Waals surface area contributed by atoms with E-state index in [0.717, 1.165) is 35.0 Å². The van der Waals surface area contributed by atoms with E-state index in [4.69, 9.17) is 4.74 Å². The van der Waals surface area contributed by atoms with Crippen LogP contribution in [0.2, 0.25) is 0 Å². The third-order valence-corrected chi connectivity index (χ3v) is 5.27. The number of nitrogens with zero attached hydrogens (tertiary/aromatic N) is 1. The molecule has 0 radical (unpaired) electrons. The SMILES string of the molecule is Brc1ccc2c3ccc(Br)cc3n(C3CCOCC3)c2c1. The van der Waals surface area contributed by atoms with Gasteiger partial charge in [-0.05, 0) is 37.1 Å². The minimum absolute atomic E-state index is 0.516. The fourth-order valence-corrected chi connectivity index (χ4v) is 4.03. The lowest BCUT2D eigenvalue weighted by Gasteiger charge is -2.25. The highest BCUT2D eigenvalue weighted by Gasteiger charge is 2.21. The van der Waals surface area contributed by atoms with Crippen molar-refractivity contribution in [1.82, 2.24) is 4.57 Å². The summed E-state index contributed by atoms with van der Waals surface area (Å²) in [7, 11) is 0. The molecule has 0 bridgehead atoms. The summed E-state index contributed by atoms with van der Waals surface area (Å²) in [4.78, 5) is 0. The molecule has 2 heterocycles. The van der Waals surface area contributed by atoms with E-state index in [0.29, 0.717) is 6.04 Å². The number of hydrogen-bond donors (Lipinski definition) is 0. The number of benzene rings is 2. The molecule has 0 aliphatic carbocycles. The zero-order valence-electron chi connectivity index (χ0n) is 11.5. The lowest BCUT2D eigenvalue weighted by Crippen LogP contribution is -2.19. The van der Waals surface area contributed by atoms with Gasteiger partial charge in [-0.3, -0.25) is 0 Å². The first-order valence-corrected chi connectivity index (χ1v) is 8.79. The molecule has 1 aliphatic heterocycles. The summed E-state index contributed by atoms with van der Waals surface area (Å²) in [6.45, 7) is 1.71. The third-order valence-electron chi connectivity index (χ3n) is 4.28. The van der Waals surface area contributed by atoms with Gasteiger partial charge < -0.3 is 9.30 Å². The molecule has 0 N–H and O–H groups in total. The average Bonchev–Trinajstić information content (AvgIpc) is 2.80. The van der Waals surface area contributed by atoms with Gasteiger partial charge in [-0.2, -0.15) is 0 Å². The van der Waals surface area contributed by atoms with E-state index in [2.05, 4.69) is 72.8 Å². The molecule has 0 unspecified atom stereocenters. The average molecular weight is 409 g/mol. The standard InChI is InChI=1S/C17H15Br2NO/c18-11-1-3-14-15-4-2-12(19)10-17(15)20(16(14)9-11)13-5-7-21-8-6-13/h1-4,9-10,13H,5-8H2. The van der Waals surface area contributed by atoms with Crippen LogP contribution in [0, 0.1) is 0 Å². The third kappa shape index (κ3) is 2.33. The number of rotatable bonds is 1. The Morgan fingerprint density at radius 1 is 0.857 bits per heavy atom. The molecule has 4 heteroatoms. The molecule has 0 amide bonds. The van der Waals surface area contributed by atoms with Crippen molar-refractivity contribution in [3.63, 3.8) is 0 Å². The summed E-state index contributed by atoms with van der Waals surface area (Å²) < 4.78 is 10.3. The second-order valence-electron chi connectivity index (χ2n) is 5.54. The van der Waals surface area contributed by atoms with Gasteiger partial charge in [0.1, 0.15) is 0 Å². The molecule has 2 nitrogen and oxygen atoms in total. The summed E-state index contributed by atoms with van der Waals surface area (Å²) in [5.41, 5.74) is 2.62. The Morgan fingerprint density at radius 2 is 1.38 bits per heavy atom. The Labute approximate surface area is 140 Å². The van der Waals surface area contributed by atoms with Crippen LogP contribution in [0.25, 0.3) is 21.8 Å². The summed E-state index contributed by atoms with van der Waals surface area (Å²) in [6, 6.07) is 13.7. The summed E-state index contributed by atoms with van der Waals surface area (Å²) >= 11 is 7.23. The Hall–Kier alpha value is -0.840. The van der Waals surface area contributed by atoms with Crippen molar-refractivity contribution in [2.24, 2.45) is 0 Å². The Bertz CT molecular complexity index is 759. The topological polar surface area (TPSA) is 14.2 Å². The normalized spacial score (nSPS) is 16.9. The van der Waals surface area contributed by atoms with Crippen molar-refractivity contribution >= 4 is 53.7 Å². The van der Waals surface area contributed by atoms with Gasteiger partial charge in [0.2, 0.25) is 0 Å². The maximum Gasteiger partial charge on any atom is 0.0505 e. The largest absolute Gasteiger partial charge is 0.381 e. The van der Waals surface area contributed by atoms with Crippen LogP contribution >= 0.6 is 31.9 Å². The highest BCUT2D eigenvalue weighted by Crippen LogP contribution is 2.37.